The van der Waals surface area contributed by atoms with E-state index < -0.39 is 18.0 Å². The molecule has 1 aromatic heterocycles. The number of phenols is 1. The summed E-state index contributed by atoms with van der Waals surface area (Å²) in [5.41, 5.74) is 2.15. The molecule has 1 aliphatic heterocycles. The normalized spacial score (nSPS) is 21.2. The molecule has 0 saturated carbocycles. The standard InChI is InChI=1S/C23H24N2O4/c1-5-13-25-14(2)24-18-17(25)12-11-16(19(18)26)20(27)22-21(28-23(3,4)29-22)15-9-7-6-8-10-15/h5-13,21-22,26H,1-4H3/t21-,22-/m0/s1. The highest BCUT2D eigenvalue weighted by Gasteiger charge is 2.46. The zero-order valence-electron chi connectivity index (χ0n) is 16.9. The minimum Gasteiger partial charge on any atom is -0.505 e. The molecule has 6 heteroatoms. The number of rotatable bonds is 4. The van der Waals surface area contributed by atoms with E-state index in [-0.39, 0.29) is 17.1 Å². The molecule has 0 radical (unpaired) electrons. The summed E-state index contributed by atoms with van der Waals surface area (Å²) in [6.45, 7) is 7.32. The van der Waals surface area contributed by atoms with Crippen LogP contribution in [0.5, 0.6) is 5.75 Å². The van der Waals surface area contributed by atoms with Gasteiger partial charge in [-0.1, -0.05) is 36.4 Å². The molecule has 0 unspecified atom stereocenters. The molecule has 0 aliphatic carbocycles. The third kappa shape index (κ3) is 3.34. The Balaban J connectivity index is 1.77. The summed E-state index contributed by atoms with van der Waals surface area (Å²) in [7, 11) is 0. The van der Waals surface area contributed by atoms with Gasteiger partial charge in [0, 0.05) is 6.20 Å². The van der Waals surface area contributed by atoms with Crippen LogP contribution in [0, 0.1) is 6.92 Å². The number of nitrogens with zero attached hydrogens (tertiary/aromatic N) is 2. The van der Waals surface area contributed by atoms with Gasteiger partial charge < -0.3 is 19.1 Å². The van der Waals surface area contributed by atoms with E-state index in [1.54, 1.807) is 26.0 Å². The number of benzene rings is 2. The lowest BCUT2D eigenvalue weighted by molar-refractivity contribution is -0.143. The van der Waals surface area contributed by atoms with Crippen LogP contribution in [0.3, 0.4) is 0 Å². The number of aromatic nitrogens is 2. The molecular weight excluding hydrogens is 368 g/mol. The number of fused-ring (bicyclic) bond motifs is 1. The molecule has 3 aromatic rings. The van der Waals surface area contributed by atoms with Gasteiger partial charge in [-0.3, -0.25) is 4.79 Å². The van der Waals surface area contributed by atoms with Crippen molar-refractivity contribution in [1.29, 1.82) is 0 Å². The number of ketones is 1. The summed E-state index contributed by atoms with van der Waals surface area (Å²) < 4.78 is 13.8. The van der Waals surface area contributed by atoms with Crippen LogP contribution >= 0.6 is 0 Å². The fourth-order valence-electron chi connectivity index (χ4n) is 3.79. The van der Waals surface area contributed by atoms with Gasteiger partial charge in [0.05, 0.1) is 11.1 Å². The Morgan fingerprint density at radius 1 is 1.17 bits per heavy atom. The second kappa shape index (κ2) is 7.13. The minimum absolute atomic E-state index is 0.140. The van der Waals surface area contributed by atoms with Gasteiger partial charge in [-0.15, -0.1) is 0 Å². The van der Waals surface area contributed by atoms with Crippen molar-refractivity contribution in [3.8, 4) is 5.75 Å². The van der Waals surface area contributed by atoms with Crippen LogP contribution in [0.15, 0.2) is 48.5 Å². The Labute approximate surface area is 169 Å². The SMILES string of the molecule is CC=Cn1c(C)nc2c(O)c(C(=O)[C@@H]3OC(C)(C)O[C@H]3c3ccccc3)ccc21. The lowest BCUT2D eigenvalue weighted by Crippen LogP contribution is -2.28. The summed E-state index contributed by atoms with van der Waals surface area (Å²) in [6.07, 6.45) is 2.33. The summed E-state index contributed by atoms with van der Waals surface area (Å²) in [5.74, 6) is -0.659. The molecule has 29 heavy (non-hydrogen) atoms. The van der Waals surface area contributed by atoms with Crippen LogP contribution in [0.2, 0.25) is 0 Å². The first-order valence-corrected chi connectivity index (χ1v) is 9.60. The second-order valence-electron chi connectivity index (χ2n) is 7.59. The predicted molar refractivity (Wildman–Crippen MR) is 111 cm³/mol. The number of phenolic OH excluding ortho intramolecular Hbond substituents is 1. The Morgan fingerprint density at radius 2 is 1.90 bits per heavy atom. The van der Waals surface area contributed by atoms with Crippen molar-refractivity contribution in [3.05, 3.63) is 65.5 Å². The van der Waals surface area contributed by atoms with E-state index in [1.165, 1.54) is 0 Å². The maximum atomic E-state index is 13.4. The topological polar surface area (TPSA) is 73.6 Å². The molecule has 0 spiro atoms. The van der Waals surface area contributed by atoms with Gasteiger partial charge in [0.25, 0.3) is 0 Å². The van der Waals surface area contributed by atoms with Gasteiger partial charge in [-0.05, 0) is 45.4 Å². The van der Waals surface area contributed by atoms with E-state index in [0.29, 0.717) is 5.52 Å². The van der Waals surface area contributed by atoms with E-state index in [2.05, 4.69) is 4.98 Å². The van der Waals surface area contributed by atoms with E-state index in [4.69, 9.17) is 9.47 Å². The first-order chi connectivity index (χ1) is 13.8. The number of ether oxygens (including phenoxy) is 2. The van der Waals surface area contributed by atoms with Crippen LogP contribution in [-0.4, -0.2) is 32.3 Å². The van der Waals surface area contributed by atoms with E-state index in [1.807, 2.05) is 61.0 Å². The van der Waals surface area contributed by atoms with Crippen LogP contribution < -0.4 is 0 Å². The van der Waals surface area contributed by atoms with Crippen LogP contribution in [0.1, 0.15) is 48.6 Å². The molecule has 2 heterocycles. The van der Waals surface area contributed by atoms with Crippen molar-refractivity contribution < 1.29 is 19.4 Å². The number of hydrogen-bond acceptors (Lipinski definition) is 5. The van der Waals surface area contributed by atoms with Crippen molar-refractivity contribution in [1.82, 2.24) is 9.55 Å². The molecule has 0 bridgehead atoms. The van der Waals surface area contributed by atoms with Crippen molar-refractivity contribution in [2.75, 3.05) is 0 Å². The third-order valence-corrected chi connectivity index (χ3v) is 5.06. The van der Waals surface area contributed by atoms with Gasteiger partial charge in [0.15, 0.2) is 23.4 Å². The monoisotopic (exact) mass is 392 g/mol. The van der Waals surface area contributed by atoms with Gasteiger partial charge in [-0.25, -0.2) is 4.98 Å². The first-order valence-electron chi connectivity index (χ1n) is 9.60. The minimum atomic E-state index is -0.912. The van der Waals surface area contributed by atoms with Crippen molar-refractivity contribution in [2.45, 2.75) is 45.7 Å². The summed E-state index contributed by atoms with van der Waals surface area (Å²) in [6, 6.07) is 12.9. The molecular formula is C23H24N2O4. The van der Waals surface area contributed by atoms with Gasteiger partial charge in [-0.2, -0.15) is 0 Å². The Bertz CT molecular complexity index is 1100. The summed E-state index contributed by atoms with van der Waals surface area (Å²) in [4.78, 5) is 17.8. The van der Waals surface area contributed by atoms with Crippen LogP contribution in [0.4, 0.5) is 0 Å². The maximum absolute atomic E-state index is 13.4. The lowest BCUT2D eigenvalue weighted by Gasteiger charge is -2.17. The average Bonchev–Trinajstić information content (AvgIpc) is 3.20. The molecule has 1 fully saturated rings. The molecule has 2 aromatic carbocycles. The van der Waals surface area contributed by atoms with Crippen LogP contribution in [0.25, 0.3) is 17.2 Å². The maximum Gasteiger partial charge on any atom is 0.198 e. The molecule has 1 N–H and O–H groups in total. The molecule has 0 amide bonds. The van der Waals surface area contributed by atoms with Crippen molar-refractivity contribution >= 4 is 23.0 Å². The highest BCUT2D eigenvalue weighted by molar-refractivity contribution is 6.06. The first kappa shape index (κ1) is 19.4. The second-order valence-corrected chi connectivity index (χ2v) is 7.59. The Morgan fingerprint density at radius 3 is 2.59 bits per heavy atom. The molecule has 1 saturated heterocycles. The Hall–Kier alpha value is -2.96. The van der Waals surface area contributed by atoms with Crippen LogP contribution in [-0.2, 0) is 9.47 Å². The highest BCUT2D eigenvalue weighted by atomic mass is 16.8. The number of hydrogen-bond donors (Lipinski definition) is 1. The van der Waals surface area contributed by atoms with Gasteiger partial charge in [0.2, 0.25) is 0 Å². The molecule has 6 nitrogen and oxygen atoms in total. The number of imidazole rings is 1. The molecule has 150 valence electrons. The zero-order chi connectivity index (χ0) is 20.8. The molecule has 2 atom stereocenters. The van der Waals surface area contributed by atoms with Gasteiger partial charge >= 0.3 is 0 Å². The molecule has 1 aliphatic rings. The highest BCUT2D eigenvalue weighted by Crippen LogP contribution is 2.41. The van der Waals surface area contributed by atoms with Gasteiger partial charge in [0.1, 0.15) is 17.4 Å². The lowest BCUT2D eigenvalue weighted by atomic mass is 9.96. The van der Waals surface area contributed by atoms with E-state index >= 15 is 0 Å². The number of allylic oxidation sites excluding steroid dienone is 1. The fourth-order valence-corrected chi connectivity index (χ4v) is 3.79. The average molecular weight is 392 g/mol. The molecule has 4 rings (SSSR count). The summed E-state index contributed by atoms with van der Waals surface area (Å²) in [5, 5.41) is 10.9. The number of aryl methyl sites for hydroxylation is 1. The smallest absolute Gasteiger partial charge is 0.198 e. The zero-order valence-corrected chi connectivity index (χ0v) is 16.9. The van der Waals surface area contributed by atoms with E-state index in [0.717, 1.165) is 16.9 Å². The summed E-state index contributed by atoms with van der Waals surface area (Å²) >= 11 is 0. The quantitative estimate of drug-likeness (QED) is 0.656. The number of carbonyl (C=O) groups is 1. The van der Waals surface area contributed by atoms with E-state index in [9.17, 15) is 9.90 Å². The van der Waals surface area contributed by atoms with Crippen molar-refractivity contribution in [2.24, 2.45) is 0 Å². The Kier molecular flexibility index (Phi) is 4.76. The number of carbonyl (C=O) groups excluding carboxylic acids is 1. The number of aromatic hydroxyl groups is 1. The largest absolute Gasteiger partial charge is 0.505 e. The fraction of sp³-hybridized carbons (Fsp3) is 0.304. The van der Waals surface area contributed by atoms with Crippen molar-refractivity contribution in [3.63, 3.8) is 0 Å². The predicted octanol–water partition coefficient (Wildman–Crippen LogP) is 4.62. The third-order valence-electron chi connectivity index (χ3n) is 5.06. The number of Topliss-reactive ketones (excluding diaryl/α,β-unsaturated/α-hetero) is 1.